The first-order chi connectivity index (χ1) is 8.79. The van der Waals surface area contributed by atoms with Crippen molar-refractivity contribution in [2.45, 2.75) is 26.0 Å². The van der Waals surface area contributed by atoms with Crippen LogP contribution < -0.4 is 10.5 Å². The summed E-state index contributed by atoms with van der Waals surface area (Å²) >= 11 is 0. The zero-order valence-corrected chi connectivity index (χ0v) is 11.9. The Morgan fingerprint density at radius 3 is 2.21 bits per heavy atom. The molecule has 0 spiro atoms. The lowest BCUT2D eigenvalue weighted by molar-refractivity contribution is 0.306. The zero-order valence-electron chi connectivity index (χ0n) is 11.1. The van der Waals surface area contributed by atoms with E-state index < -0.39 is 0 Å². The fraction of sp³-hybridized carbons (Fsp3) is 0.250. The SMILES string of the molecule is CC[C@H](N)c1ccc(OCc2ccccc2)cc1.Cl. The lowest BCUT2D eigenvalue weighted by Crippen LogP contribution is -2.08. The molecule has 19 heavy (non-hydrogen) atoms. The predicted octanol–water partition coefficient (Wildman–Crippen LogP) is 4.10. The summed E-state index contributed by atoms with van der Waals surface area (Å²) in [6.07, 6.45) is 0.949. The van der Waals surface area contributed by atoms with Gasteiger partial charge in [0.1, 0.15) is 12.4 Å². The Kier molecular flexibility index (Phi) is 6.40. The first kappa shape index (κ1) is 15.5. The summed E-state index contributed by atoms with van der Waals surface area (Å²) in [6.45, 7) is 2.69. The summed E-state index contributed by atoms with van der Waals surface area (Å²) in [5.74, 6) is 0.880. The van der Waals surface area contributed by atoms with Crippen LogP contribution in [0.15, 0.2) is 54.6 Å². The highest BCUT2D eigenvalue weighted by atomic mass is 35.5. The number of halogens is 1. The standard InChI is InChI=1S/C16H19NO.ClH/c1-2-16(17)14-8-10-15(11-9-14)18-12-13-6-4-3-5-7-13;/h3-11,16H,2,12,17H2,1H3;1H/t16-;/m0./s1. The molecule has 0 unspecified atom stereocenters. The smallest absolute Gasteiger partial charge is 0.119 e. The second kappa shape index (κ2) is 7.82. The molecule has 0 aliphatic rings. The minimum atomic E-state index is 0. The molecule has 102 valence electrons. The van der Waals surface area contributed by atoms with E-state index >= 15 is 0 Å². The van der Waals surface area contributed by atoms with Gasteiger partial charge >= 0.3 is 0 Å². The van der Waals surface area contributed by atoms with Crippen LogP contribution in [0.25, 0.3) is 0 Å². The molecule has 2 nitrogen and oxygen atoms in total. The Hall–Kier alpha value is -1.51. The summed E-state index contributed by atoms with van der Waals surface area (Å²) < 4.78 is 5.72. The van der Waals surface area contributed by atoms with E-state index in [4.69, 9.17) is 10.5 Å². The summed E-state index contributed by atoms with van der Waals surface area (Å²) in [7, 11) is 0. The van der Waals surface area contributed by atoms with Crippen LogP contribution in [-0.4, -0.2) is 0 Å². The van der Waals surface area contributed by atoms with Crippen molar-refractivity contribution in [3.05, 3.63) is 65.7 Å². The molecule has 0 heterocycles. The number of hydrogen-bond donors (Lipinski definition) is 1. The molecule has 1 atom stereocenters. The lowest BCUT2D eigenvalue weighted by atomic mass is 10.1. The molecular formula is C16H20ClNO. The van der Waals surface area contributed by atoms with Gasteiger partial charge < -0.3 is 10.5 Å². The molecular weight excluding hydrogens is 258 g/mol. The summed E-state index contributed by atoms with van der Waals surface area (Å²) in [4.78, 5) is 0. The van der Waals surface area contributed by atoms with Gasteiger partial charge in [-0.15, -0.1) is 12.4 Å². The van der Waals surface area contributed by atoms with E-state index in [1.165, 1.54) is 5.56 Å². The van der Waals surface area contributed by atoms with Crippen molar-refractivity contribution in [3.63, 3.8) is 0 Å². The minimum absolute atomic E-state index is 0. The Bertz CT molecular complexity index is 470. The third kappa shape index (κ3) is 4.58. The van der Waals surface area contributed by atoms with Crippen LogP contribution in [0.5, 0.6) is 5.75 Å². The van der Waals surface area contributed by atoms with Crippen LogP contribution in [0.4, 0.5) is 0 Å². The van der Waals surface area contributed by atoms with E-state index in [0.29, 0.717) is 6.61 Å². The number of hydrogen-bond acceptors (Lipinski definition) is 2. The number of benzene rings is 2. The van der Waals surface area contributed by atoms with Gasteiger partial charge in [-0.25, -0.2) is 0 Å². The molecule has 0 bridgehead atoms. The Morgan fingerprint density at radius 2 is 1.63 bits per heavy atom. The van der Waals surface area contributed by atoms with E-state index in [2.05, 4.69) is 19.1 Å². The molecule has 0 saturated carbocycles. The largest absolute Gasteiger partial charge is 0.489 e. The van der Waals surface area contributed by atoms with Gasteiger partial charge in [-0.05, 0) is 29.7 Å². The third-order valence-electron chi connectivity index (χ3n) is 3.00. The third-order valence-corrected chi connectivity index (χ3v) is 3.00. The lowest BCUT2D eigenvalue weighted by Gasteiger charge is -2.10. The summed E-state index contributed by atoms with van der Waals surface area (Å²) in [5, 5.41) is 0. The molecule has 0 saturated heterocycles. The first-order valence-corrected chi connectivity index (χ1v) is 6.32. The minimum Gasteiger partial charge on any atom is -0.489 e. The van der Waals surface area contributed by atoms with Gasteiger partial charge in [-0.3, -0.25) is 0 Å². The molecule has 0 aromatic heterocycles. The van der Waals surface area contributed by atoms with Crippen molar-refractivity contribution in [3.8, 4) is 5.75 Å². The summed E-state index contributed by atoms with van der Waals surface area (Å²) in [5.41, 5.74) is 8.30. The Morgan fingerprint density at radius 1 is 1.00 bits per heavy atom. The molecule has 0 aliphatic heterocycles. The molecule has 2 aromatic rings. The molecule has 2 rings (SSSR count). The van der Waals surface area contributed by atoms with Gasteiger partial charge in [-0.1, -0.05) is 49.4 Å². The molecule has 0 fully saturated rings. The van der Waals surface area contributed by atoms with Gasteiger partial charge in [0.05, 0.1) is 0 Å². The second-order valence-corrected chi connectivity index (χ2v) is 4.36. The van der Waals surface area contributed by atoms with Crippen LogP contribution in [0, 0.1) is 0 Å². The van der Waals surface area contributed by atoms with E-state index in [0.717, 1.165) is 17.7 Å². The van der Waals surface area contributed by atoms with Gasteiger partial charge in [0.25, 0.3) is 0 Å². The molecule has 3 heteroatoms. The van der Waals surface area contributed by atoms with Crippen molar-refractivity contribution in [2.24, 2.45) is 5.73 Å². The Labute approximate surface area is 121 Å². The highest BCUT2D eigenvalue weighted by Crippen LogP contribution is 2.19. The van der Waals surface area contributed by atoms with Crippen molar-refractivity contribution in [2.75, 3.05) is 0 Å². The second-order valence-electron chi connectivity index (χ2n) is 4.36. The van der Waals surface area contributed by atoms with Gasteiger partial charge in [-0.2, -0.15) is 0 Å². The zero-order chi connectivity index (χ0) is 12.8. The van der Waals surface area contributed by atoms with E-state index in [-0.39, 0.29) is 18.4 Å². The number of nitrogens with two attached hydrogens (primary N) is 1. The van der Waals surface area contributed by atoms with Crippen LogP contribution in [0.1, 0.15) is 30.5 Å². The maximum absolute atomic E-state index is 5.97. The van der Waals surface area contributed by atoms with Gasteiger partial charge in [0.2, 0.25) is 0 Å². The van der Waals surface area contributed by atoms with E-state index in [1.54, 1.807) is 0 Å². The molecule has 0 radical (unpaired) electrons. The maximum Gasteiger partial charge on any atom is 0.119 e. The highest BCUT2D eigenvalue weighted by molar-refractivity contribution is 5.85. The molecule has 0 amide bonds. The molecule has 0 aliphatic carbocycles. The number of ether oxygens (including phenoxy) is 1. The topological polar surface area (TPSA) is 35.2 Å². The van der Waals surface area contributed by atoms with E-state index in [9.17, 15) is 0 Å². The van der Waals surface area contributed by atoms with Gasteiger partial charge in [0.15, 0.2) is 0 Å². The predicted molar refractivity (Wildman–Crippen MR) is 81.7 cm³/mol. The molecule has 2 N–H and O–H groups in total. The Balaban J connectivity index is 0.00000180. The fourth-order valence-corrected chi connectivity index (χ4v) is 1.79. The maximum atomic E-state index is 5.97. The quantitative estimate of drug-likeness (QED) is 0.893. The van der Waals surface area contributed by atoms with Crippen molar-refractivity contribution in [1.82, 2.24) is 0 Å². The monoisotopic (exact) mass is 277 g/mol. The van der Waals surface area contributed by atoms with Crippen LogP contribution in [0.3, 0.4) is 0 Å². The average molecular weight is 278 g/mol. The first-order valence-electron chi connectivity index (χ1n) is 6.32. The van der Waals surface area contributed by atoms with Crippen LogP contribution in [0.2, 0.25) is 0 Å². The average Bonchev–Trinajstić information content (AvgIpc) is 2.46. The summed E-state index contributed by atoms with van der Waals surface area (Å²) in [6, 6.07) is 18.3. The van der Waals surface area contributed by atoms with Crippen LogP contribution in [-0.2, 0) is 6.61 Å². The normalized spacial score (nSPS) is 11.5. The van der Waals surface area contributed by atoms with Crippen LogP contribution >= 0.6 is 12.4 Å². The molecule has 2 aromatic carbocycles. The van der Waals surface area contributed by atoms with Crippen molar-refractivity contribution in [1.29, 1.82) is 0 Å². The van der Waals surface area contributed by atoms with E-state index in [1.807, 2.05) is 42.5 Å². The number of rotatable bonds is 5. The highest BCUT2D eigenvalue weighted by Gasteiger charge is 2.03. The van der Waals surface area contributed by atoms with Gasteiger partial charge in [0, 0.05) is 6.04 Å². The van der Waals surface area contributed by atoms with Crippen molar-refractivity contribution < 1.29 is 4.74 Å². The van der Waals surface area contributed by atoms with Crippen molar-refractivity contribution >= 4 is 12.4 Å². The fourth-order valence-electron chi connectivity index (χ4n) is 1.79.